The van der Waals surface area contributed by atoms with E-state index in [2.05, 4.69) is 15.6 Å². The van der Waals surface area contributed by atoms with Crippen molar-refractivity contribution in [3.05, 3.63) is 47.8 Å². The number of nitrogens with one attached hydrogen (secondary N) is 1. The highest BCUT2D eigenvalue weighted by Crippen LogP contribution is 2.31. The lowest BCUT2D eigenvalue weighted by molar-refractivity contribution is 0.354. The largest absolute Gasteiger partial charge is 0.493 e. The Morgan fingerprint density at radius 2 is 1.84 bits per heavy atom. The third kappa shape index (κ3) is 2.81. The van der Waals surface area contributed by atoms with Crippen molar-refractivity contribution in [3.8, 4) is 11.5 Å². The van der Waals surface area contributed by atoms with E-state index in [-0.39, 0.29) is 6.04 Å². The second-order valence-corrected chi connectivity index (χ2v) is 3.89. The number of rotatable bonds is 5. The minimum Gasteiger partial charge on any atom is -0.493 e. The van der Waals surface area contributed by atoms with Crippen LogP contribution >= 0.6 is 0 Å². The first-order valence-electron chi connectivity index (χ1n) is 5.74. The molecule has 2 aromatic rings. The van der Waals surface area contributed by atoms with Crippen molar-refractivity contribution in [2.75, 3.05) is 14.2 Å². The summed E-state index contributed by atoms with van der Waals surface area (Å²) in [5.74, 6) is 6.96. The second kappa shape index (κ2) is 6.12. The quantitative estimate of drug-likeness (QED) is 0.617. The summed E-state index contributed by atoms with van der Waals surface area (Å²) in [6.45, 7) is 0. The van der Waals surface area contributed by atoms with Gasteiger partial charge in [-0.2, -0.15) is 10.2 Å². The van der Waals surface area contributed by atoms with Gasteiger partial charge in [-0.3, -0.25) is 5.84 Å². The van der Waals surface area contributed by atoms with Crippen LogP contribution in [-0.2, 0) is 0 Å². The van der Waals surface area contributed by atoms with Crippen LogP contribution in [0.2, 0.25) is 0 Å². The fourth-order valence-corrected chi connectivity index (χ4v) is 1.89. The first-order chi connectivity index (χ1) is 9.30. The summed E-state index contributed by atoms with van der Waals surface area (Å²) in [4.78, 5) is 0. The van der Waals surface area contributed by atoms with E-state index in [1.54, 1.807) is 26.6 Å². The highest BCUT2D eigenvalue weighted by atomic mass is 16.5. The highest BCUT2D eigenvalue weighted by Gasteiger charge is 2.15. The van der Waals surface area contributed by atoms with E-state index in [4.69, 9.17) is 15.3 Å². The maximum atomic E-state index is 5.63. The normalized spacial score (nSPS) is 11.9. The maximum absolute atomic E-state index is 5.63. The molecule has 0 fully saturated rings. The van der Waals surface area contributed by atoms with Crippen LogP contribution in [0.1, 0.15) is 17.2 Å². The van der Waals surface area contributed by atoms with Gasteiger partial charge in [0.15, 0.2) is 11.5 Å². The average molecular weight is 260 g/mol. The van der Waals surface area contributed by atoms with Crippen molar-refractivity contribution in [2.45, 2.75) is 6.04 Å². The molecule has 1 atom stereocenters. The Labute approximate surface area is 111 Å². The Bertz CT molecular complexity index is 533. The molecule has 0 aliphatic rings. The van der Waals surface area contributed by atoms with E-state index in [0.717, 1.165) is 11.1 Å². The molecule has 2 rings (SSSR count). The van der Waals surface area contributed by atoms with E-state index in [1.807, 2.05) is 24.3 Å². The van der Waals surface area contributed by atoms with Gasteiger partial charge in [0.25, 0.3) is 0 Å². The molecule has 6 nitrogen and oxygen atoms in total. The number of nitrogens with zero attached hydrogens (tertiary/aromatic N) is 2. The summed E-state index contributed by atoms with van der Waals surface area (Å²) in [6, 6.07) is 7.31. The number of nitrogens with two attached hydrogens (primary N) is 1. The number of hydrogen-bond donors (Lipinski definition) is 2. The topological polar surface area (TPSA) is 82.3 Å². The van der Waals surface area contributed by atoms with Gasteiger partial charge in [-0.05, 0) is 29.3 Å². The fraction of sp³-hybridized carbons (Fsp3) is 0.231. The van der Waals surface area contributed by atoms with Crippen molar-refractivity contribution in [1.82, 2.24) is 15.6 Å². The lowest BCUT2D eigenvalue weighted by Gasteiger charge is -2.18. The SMILES string of the molecule is COc1ccc(C(NN)c2ccnnc2)cc1OC. The average Bonchev–Trinajstić information content (AvgIpc) is 2.49. The van der Waals surface area contributed by atoms with E-state index in [1.165, 1.54) is 0 Å². The molecular formula is C13H16N4O2. The predicted molar refractivity (Wildman–Crippen MR) is 70.7 cm³/mol. The summed E-state index contributed by atoms with van der Waals surface area (Å²) in [7, 11) is 3.20. The predicted octanol–water partition coefficient (Wildman–Crippen LogP) is 1.05. The zero-order valence-corrected chi connectivity index (χ0v) is 10.8. The summed E-state index contributed by atoms with van der Waals surface area (Å²) in [5.41, 5.74) is 4.63. The molecule has 0 aliphatic heterocycles. The van der Waals surface area contributed by atoms with Gasteiger partial charge in [0.05, 0.1) is 26.5 Å². The van der Waals surface area contributed by atoms with Gasteiger partial charge < -0.3 is 9.47 Å². The smallest absolute Gasteiger partial charge is 0.161 e. The minimum atomic E-state index is -0.185. The van der Waals surface area contributed by atoms with E-state index < -0.39 is 0 Å². The van der Waals surface area contributed by atoms with Gasteiger partial charge in [0, 0.05) is 6.20 Å². The third-order valence-electron chi connectivity index (χ3n) is 2.85. The summed E-state index contributed by atoms with van der Waals surface area (Å²) >= 11 is 0. The van der Waals surface area contributed by atoms with Crippen LogP contribution in [-0.4, -0.2) is 24.4 Å². The van der Waals surface area contributed by atoms with Gasteiger partial charge in [0.1, 0.15) is 0 Å². The third-order valence-corrected chi connectivity index (χ3v) is 2.85. The molecule has 3 N–H and O–H groups in total. The zero-order valence-electron chi connectivity index (χ0n) is 10.8. The molecule has 6 heteroatoms. The van der Waals surface area contributed by atoms with E-state index in [9.17, 15) is 0 Å². The standard InChI is InChI=1S/C13H16N4O2/c1-18-11-4-3-9(7-12(11)19-2)13(17-14)10-5-6-15-16-8-10/h3-8,13,17H,14H2,1-2H3. The molecule has 1 aromatic carbocycles. The second-order valence-electron chi connectivity index (χ2n) is 3.89. The monoisotopic (exact) mass is 260 g/mol. The number of hydrazine groups is 1. The summed E-state index contributed by atoms with van der Waals surface area (Å²) in [5, 5.41) is 7.61. The Hall–Kier alpha value is -2.18. The van der Waals surface area contributed by atoms with Crippen LogP contribution < -0.4 is 20.7 Å². The van der Waals surface area contributed by atoms with Crippen LogP contribution in [0.25, 0.3) is 0 Å². The molecule has 1 unspecified atom stereocenters. The van der Waals surface area contributed by atoms with Crippen LogP contribution in [0.4, 0.5) is 0 Å². The Balaban J connectivity index is 2.39. The molecule has 0 spiro atoms. The van der Waals surface area contributed by atoms with Crippen molar-refractivity contribution >= 4 is 0 Å². The number of benzene rings is 1. The van der Waals surface area contributed by atoms with Gasteiger partial charge in [-0.25, -0.2) is 5.43 Å². The molecule has 0 bridgehead atoms. The zero-order chi connectivity index (χ0) is 13.7. The number of hydrogen-bond acceptors (Lipinski definition) is 6. The lowest BCUT2D eigenvalue weighted by atomic mass is 10.0. The molecule has 0 saturated carbocycles. The number of ether oxygens (including phenoxy) is 2. The van der Waals surface area contributed by atoms with Gasteiger partial charge in [-0.15, -0.1) is 0 Å². The molecule has 0 saturated heterocycles. The summed E-state index contributed by atoms with van der Waals surface area (Å²) in [6.07, 6.45) is 3.29. The Morgan fingerprint density at radius 3 is 2.42 bits per heavy atom. The van der Waals surface area contributed by atoms with Crippen LogP contribution in [0.5, 0.6) is 11.5 Å². The molecule has 1 aromatic heterocycles. The van der Waals surface area contributed by atoms with Crippen LogP contribution in [0.3, 0.4) is 0 Å². The van der Waals surface area contributed by atoms with Crippen molar-refractivity contribution in [2.24, 2.45) is 5.84 Å². The Morgan fingerprint density at radius 1 is 1.05 bits per heavy atom. The van der Waals surface area contributed by atoms with E-state index in [0.29, 0.717) is 11.5 Å². The molecule has 19 heavy (non-hydrogen) atoms. The van der Waals surface area contributed by atoms with Gasteiger partial charge >= 0.3 is 0 Å². The first-order valence-corrected chi connectivity index (χ1v) is 5.74. The molecular weight excluding hydrogens is 244 g/mol. The fourth-order valence-electron chi connectivity index (χ4n) is 1.89. The van der Waals surface area contributed by atoms with Crippen molar-refractivity contribution in [1.29, 1.82) is 0 Å². The number of methoxy groups -OCH3 is 2. The van der Waals surface area contributed by atoms with Crippen molar-refractivity contribution < 1.29 is 9.47 Å². The molecule has 100 valence electrons. The molecule has 1 heterocycles. The van der Waals surface area contributed by atoms with Crippen LogP contribution in [0.15, 0.2) is 36.7 Å². The number of aromatic nitrogens is 2. The maximum Gasteiger partial charge on any atom is 0.161 e. The first kappa shape index (κ1) is 13.3. The van der Waals surface area contributed by atoms with Crippen LogP contribution in [0, 0.1) is 0 Å². The van der Waals surface area contributed by atoms with E-state index >= 15 is 0 Å². The van der Waals surface area contributed by atoms with Crippen molar-refractivity contribution in [3.63, 3.8) is 0 Å². The minimum absolute atomic E-state index is 0.185. The lowest BCUT2D eigenvalue weighted by Crippen LogP contribution is -2.29. The van der Waals surface area contributed by atoms with Gasteiger partial charge in [-0.1, -0.05) is 6.07 Å². The Kier molecular flexibility index (Phi) is 4.27. The summed E-state index contributed by atoms with van der Waals surface area (Å²) < 4.78 is 10.5. The highest BCUT2D eigenvalue weighted by molar-refractivity contribution is 5.45. The van der Waals surface area contributed by atoms with Gasteiger partial charge in [0.2, 0.25) is 0 Å². The molecule has 0 aliphatic carbocycles. The molecule has 0 amide bonds. The molecule has 0 radical (unpaired) electrons.